The van der Waals surface area contributed by atoms with Gasteiger partial charge in [-0.2, -0.15) is 8.78 Å². The van der Waals surface area contributed by atoms with E-state index in [0.717, 1.165) is 0 Å². The lowest BCUT2D eigenvalue weighted by molar-refractivity contribution is -0.0498. The van der Waals surface area contributed by atoms with E-state index in [1.54, 1.807) is 30.3 Å². The Hall–Kier alpha value is -3.66. The molecule has 4 aromatic rings. The van der Waals surface area contributed by atoms with E-state index < -0.39 is 12.6 Å². The standard InChI is InChI=1S/C22H16F2N2O5S/c1-29-20(28)18-11-10-15(30-18)12-32-22-25-17-5-3-2-4-16(17)19(27)26(22)13-6-8-14(9-7-13)31-21(23)24/h2-11,21H,12H2,1H3. The molecule has 10 heteroatoms. The number of hydrogen-bond acceptors (Lipinski definition) is 7. The van der Waals surface area contributed by atoms with E-state index in [1.165, 1.54) is 53.8 Å². The highest BCUT2D eigenvalue weighted by Crippen LogP contribution is 2.26. The quantitative estimate of drug-likeness (QED) is 0.226. The van der Waals surface area contributed by atoms with Crippen LogP contribution in [-0.2, 0) is 10.5 Å². The number of furan rings is 1. The summed E-state index contributed by atoms with van der Waals surface area (Å²) in [5.41, 5.74) is 0.644. The van der Waals surface area contributed by atoms with Crippen LogP contribution in [0.5, 0.6) is 5.75 Å². The minimum Gasteiger partial charge on any atom is -0.463 e. The van der Waals surface area contributed by atoms with Crippen LogP contribution in [0.1, 0.15) is 16.3 Å². The summed E-state index contributed by atoms with van der Waals surface area (Å²) in [5.74, 6) is 0.235. The van der Waals surface area contributed by atoms with Gasteiger partial charge in [0.2, 0.25) is 5.76 Å². The number of rotatable bonds is 7. The number of para-hydroxylation sites is 1. The number of esters is 1. The molecule has 0 aliphatic rings. The summed E-state index contributed by atoms with van der Waals surface area (Å²) in [6.45, 7) is -2.94. The number of thioether (sulfide) groups is 1. The molecule has 164 valence electrons. The molecule has 0 bridgehead atoms. The number of methoxy groups -OCH3 is 1. The molecular formula is C22H16F2N2O5S. The van der Waals surface area contributed by atoms with Gasteiger partial charge in [-0.1, -0.05) is 23.9 Å². The lowest BCUT2D eigenvalue weighted by Crippen LogP contribution is -2.21. The molecule has 0 spiro atoms. The fraction of sp³-hybridized carbons (Fsp3) is 0.136. The molecule has 0 radical (unpaired) electrons. The number of nitrogens with zero attached hydrogens (tertiary/aromatic N) is 2. The second-order valence-electron chi connectivity index (χ2n) is 6.47. The predicted molar refractivity (Wildman–Crippen MR) is 114 cm³/mol. The fourth-order valence-corrected chi connectivity index (χ4v) is 3.92. The zero-order valence-electron chi connectivity index (χ0n) is 16.7. The monoisotopic (exact) mass is 458 g/mol. The number of benzene rings is 2. The van der Waals surface area contributed by atoms with Gasteiger partial charge in [-0.3, -0.25) is 9.36 Å². The SMILES string of the molecule is COC(=O)c1ccc(CSc2nc3ccccc3c(=O)n2-c2ccc(OC(F)F)cc2)o1. The third-order valence-electron chi connectivity index (χ3n) is 4.46. The summed E-state index contributed by atoms with van der Waals surface area (Å²) < 4.78 is 40.8. The first-order valence-corrected chi connectivity index (χ1v) is 10.3. The molecule has 0 unspecified atom stereocenters. The minimum atomic E-state index is -2.94. The number of halogens is 2. The molecular weight excluding hydrogens is 442 g/mol. The molecule has 0 aliphatic heterocycles. The summed E-state index contributed by atoms with van der Waals surface area (Å²) in [5, 5.41) is 0.781. The lowest BCUT2D eigenvalue weighted by atomic mass is 10.2. The molecule has 2 aromatic heterocycles. The maximum Gasteiger partial charge on any atom is 0.387 e. The molecule has 4 rings (SSSR count). The van der Waals surface area contributed by atoms with Crippen molar-refractivity contribution in [2.24, 2.45) is 0 Å². The van der Waals surface area contributed by atoms with Crippen molar-refractivity contribution in [1.29, 1.82) is 0 Å². The molecule has 0 saturated heterocycles. The van der Waals surface area contributed by atoms with Crippen LogP contribution in [0.4, 0.5) is 8.78 Å². The number of ether oxygens (including phenoxy) is 2. The van der Waals surface area contributed by atoms with Crippen LogP contribution in [-0.4, -0.2) is 29.2 Å². The van der Waals surface area contributed by atoms with Gasteiger partial charge >= 0.3 is 12.6 Å². The number of hydrogen-bond donors (Lipinski definition) is 0. The van der Waals surface area contributed by atoms with Crippen LogP contribution < -0.4 is 10.3 Å². The van der Waals surface area contributed by atoms with Gasteiger partial charge in [0.05, 0.1) is 29.5 Å². The zero-order valence-corrected chi connectivity index (χ0v) is 17.5. The lowest BCUT2D eigenvalue weighted by Gasteiger charge is -2.13. The number of alkyl halides is 2. The third kappa shape index (κ3) is 4.50. The highest BCUT2D eigenvalue weighted by molar-refractivity contribution is 7.98. The molecule has 0 aliphatic carbocycles. The summed E-state index contributed by atoms with van der Waals surface area (Å²) in [4.78, 5) is 29.4. The van der Waals surface area contributed by atoms with E-state index >= 15 is 0 Å². The van der Waals surface area contributed by atoms with Crippen molar-refractivity contribution in [2.75, 3.05) is 7.11 Å². The molecule has 32 heavy (non-hydrogen) atoms. The first-order valence-electron chi connectivity index (χ1n) is 9.33. The fourth-order valence-electron chi connectivity index (χ4n) is 3.01. The summed E-state index contributed by atoms with van der Waals surface area (Å²) >= 11 is 1.23. The van der Waals surface area contributed by atoms with Crippen molar-refractivity contribution in [1.82, 2.24) is 9.55 Å². The molecule has 7 nitrogen and oxygen atoms in total. The van der Waals surface area contributed by atoms with E-state index in [-0.39, 0.29) is 22.8 Å². The smallest absolute Gasteiger partial charge is 0.387 e. The predicted octanol–water partition coefficient (Wildman–Crippen LogP) is 4.66. The minimum absolute atomic E-state index is 0.0225. The van der Waals surface area contributed by atoms with Crippen LogP contribution in [0.15, 0.2) is 75.0 Å². The van der Waals surface area contributed by atoms with Crippen LogP contribution in [0.2, 0.25) is 0 Å². The molecule has 0 amide bonds. The van der Waals surface area contributed by atoms with Crippen LogP contribution in [0.25, 0.3) is 16.6 Å². The van der Waals surface area contributed by atoms with Gasteiger partial charge in [0.1, 0.15) is 11.5 Å². The number of carbonyl (C=O) groups excluding carboxylic acids is 1. The van der Waals surface area contributed by atoms with Crippen LogP contribution in [0, 0.1) is 0 Å². The van der Waals surface area contributed by atoms with Crippen molar-refractivity contribution in [2.45, 2.75) is 17.5 Å². The van der Waals surface area contributed by atoms with Crippen molar-refractivity contribution >= 4 is 28.6 Å². The van der Waals surface area contributed by atoms with E-state index in [4.69, 9.17) is 4.42 Å². The second-order valence-corrected chi connectivity index (χ2v) is 7.41. The molecule has 0 atom stereocenters. The van der Waals surface area contributed by atoms with E-state index in [1.807, 2.05) is 0 Å². The average Bonchev–Trinajstić information content (AvgIpc) is 3.27. The van der Waals surface area contributed by atoms with E-state index in [9.17, 15) is 18.4 Å². The maximum atomic E-state index is 13.2. The normalized spacial score (nSPS) is 11.1. The van der Waals surface area contributed by atoms with Gasteiger partial charge in [0, 0.05) is 0 Å². The Kier molecular flexibility index (Phi) is 6.22. The zero-order chi connectivity index (χ0) is 22.7. The molecule has 0 saturated carbocycles. The summed E-state index contributed by atoms with van der Waals surface area (Å²) in [6.07, 6.45) is 0. The third-order valence-corrected chi connectivity index (χ3v) is 5.42. The Balaban J connectivity index is 1.71. The Morgan fingerprint density at radius 1 is 1.12 bits per heavy atom. The van der Waals surface area contributed by atoms with Gasteiger partial charge in [0.25, 0.3) is 5.56 Å². The van der Waals surface area contributed by atoms with Crippen molar-refractivity contribution in [3.05, 3.63) is 82.5 Å². The molecule has 2 heterocycles. The number of aromatic nitrogens is 2. The summed E-state index contributed by atoms with van der Waals surface area (Å²) in [7, 11) is 1.26. The van der Waals surface area contributed by atoms with E-state index in [0.29, 0.717) is 27.5 Å². The maximum absolute atomic E-state index is 13.2. The van der Waals surface area contributed by atoms with Gasteiger partial charge in [-0.05, 0) is 48.5 Å². The Labute approximate surface area is 184 Å². The van der Waals surface area contributed by atoms with Crippen molar-refractivity contribution in [3.63, 3.8) is 0 Å². The van der Waals surface area contributed by atoms with Gasteiger partial charge in [-0.25, -0.2) is 9.78 Å². The van der Waals surface area contributed by atoms with Crippen LogP contribution in [0.3, 0.4) is 0 Å². The summed E-state index contributed by atoms with van der Waals surface area (Å²) in [6, 6.07) is 15.8. The van der Waals surface area contributed by atoms with Gasteiger partial charge < -0.3 is 13.9 Å². The topological polar surface area (TPSA) is 83.6 Å². The van der Waals surface area contributed by atoms with Gasteiger partial charge in [0.15, 0.2) is 5.16 Å². The highest BCUT2D eigenvalue weighted by Gasteiger charge is 2.16. The van der Waals surface area contributed by atoms with Gasteiger partial charge in [-0.15, -0.1) is 0 Å². The second kappa shape index (κ2) is 9.23. The number of fused-ring (bicyclic) bond motifs is 1. The van der Waals surface area contributed by atoms with Crippen LogP contribution >= 0.6 is 11.8 Å². The Morgan fingerprint density at radius 3 is 2.59 bits per heavy atom. The first-order chi connectivity index (χ1) is 15.5. The number of carbonyl (C=O) groups is 1. The Bertz CT molecular complexity index is 1320. The molecule has 0 fully saturated rings. The largest absolute Gasteiger partial charge is 0.463 e. The van der Waals surface area contributed by atoms with Crippen molar-refractivity contribution < 1.29 is 27.5 Å². The average molecular weight is 458 g/mol. The molecule has 2 aromatic carbocycles. The molecule has 0 N–H and O–H groups in total. The first kappa shape index (κ1) is 21.6. The van der Waals surface area contributed by atoms with Crippen molar-refractivity contribution in [3.8, 4) is 11.4 Å². The Morgan fingerprint density at radius 2 is 1.88 bits per heavy atom. The van der Waals surface area contributed by atoms with E-state index in [2.05, 4.69) is 14.5 Å². The highest BCUT2D eigenvalue weighted by atomic mass is 32.2.